The Bertz CT molecular complexity index is 561. The quantitative estimate of drug-likeness (QED) is 0.867. The summed E-state index contributed by atoms with van der Waals surface area (Å²) in [4.78, 5) is 13.0. The van der Waals surface area contributed by atoms with Gasteiger partial charge in [-0.3, -0.25) is 0 Å². The van der Waals surface area contributed by atoms with Gasteiger partial charge in [0.2, 0.25) is 0 Å². The summed E-state index contributed by atoms with van der Waals surface area (Å²) in [7, 11) is 0. The second-order valence-electron chi connectivity index (χ2n) is 3.83. The Morgan fingerprint density at radius 2 is 2.22 bits per heavy atom. The van der Waals surface area contributed by atoms with Crippen LogP contribution in [-0.4, -0.2) is 5.97 Å². The third-order valence-electron chi connectivity index (χ3n) is 2.42. The van der Waals surface area contributed by atoms with E-state index >= 15 is 0 Å². The molecule has 0 amide bonds. The van der Waals surface area contributed by atoms with Crippen LogP contribution in [0.4, 0.5) is 10.1 Å². The van der Waals surface area contributed by atoms with Gasteiger partial charge in [0.15, 0.2) is 0 Å². The first-order valence-corrected chi connectivity index (χ1v) is 6.15. The van der Waals surface area contributed by atoms with Gasteiger partial charge in [0.25, 0.3) is 0 Å². The van der Waals surface area contributed by atoms with Gasteiger partial charge in [0, 0.05) is 10.6 Å². The van der Waals surface area contributed by atoms with Crippen molar-refractivity contribution in [3.63, 3.8) is 0 Å². The normalized spacial score (nSPS) is 10.3. The number of carbonyl (C=O) groups excluding carboxylic acids is 1. The van der Waals surface area contributed by atoms with E-state index in [1.807, 2.05) is 6.92 Å². The minimum atomic E-state index is -0.441. The number of benzene rings is 1. The molecule has 0 aliphatic heterocycles. The molecule has 3 nitrogen and oxygen atoms in total. The van der Waals surface area contributed by atoms with Crippen molar-refractivity contribution in [2.75, 3.05) is 5.73 Å². The lowest BCUT2D eigenvalue weighted by molar-refractivity contribution is 0.0478. The molecule has 1 aromatic carbocycles. The summed E-state index contributed by atoms with van der Waals surface area (Å²) in [6, 6.07) is 7.54. The summed E-state index contributed by atoms with van der Waals surface area (Å²) in [5.41, 5.74) is 6.86. The van der Waals surface area contributed by atoms with Crippen molar-refractivity contribution < 1.29 is 13.9 Å². The number of anilines is 1. The van der Waals surface area contributed by atoms with Crippen LogP contribution in [0, 0.1) is 12.7 Å². The van der Waals surface area contributed by atoms with E-state index in [1.165, 1.54) is 23.5 Å². The fourth-order valence-electron chi connectivity index (χ4n) is 1.44. The smallest absolute Gasteiger partial charge is 0.348 e. The van der Waals surface area contributed by atoms with Gasteiger partial charge in [-0.1, -0.05) is 12.1 Å². The molecule has 2 aromatic rings. The van der Waals surface area contributed by atoms with Crippen LogP contribution in [0.1, 0.15) is 20.1 Å². The molecule has 0 unspecified atom stereocenters. The van der Waals surface area contributed by atoms with Crippen LogP contribution >= 0.6 is 11.3 Å². The number of nitrogens with two attached hydrogens (primary N) is 1. The molecule has 94 valence electrons. The second kappa shape index (κ2) is 5.18. The van der Waals surface area contributed by atoms with Crippen LogP contribution in [0.5, 0.6) is 0 Å². The molecular formula is C13H12FNO2S. The number of ether oxygens (including phenoxy) is 1. The molecule has 2 rings (SSSR count). The Morgan fingerprint density at radius 1 is 1.44 bits per heavy atom. The van der Waals surface area contributed by atoms with Gasteiger partial charge in [-0.05, 0) is 30.7 Å². The number of halogens is 1. The number of hydrogen-bond acceptors (Lipinski definition) is 4. The largest absolute Gasteiger partial charge is 0.457 e. The molecule has 2 N–H and O–H groups in total. The Balaban J connectivity index is 2.00. The number of aryl methyl sites for hydroxylation is 1. The van der Waals surface area contributed by atoms with Crippen molar-refractivity contribution in [2.45, 2.75) is 13.5 Å². The highest BCUT2D eigenvalue weighted by atomic mass is 32.1. The lowest BCUT2D eigenvalue weighted by Gasteiger charge is -2.03. The number of rotatable bonds is 3. The van der Waals surface area contributed by atoms with E-state index in [0.29, 0.717) is 16.1 Å². The maximum atomic E-state index is 12.9. The van der Waals surface area contributed by atoms with Crippen LogP contribution < -0.4 is 5.73 Å². The number of hydrogen-bond donors (Lipinski definition) is 1. The summed E-state index contributed by atoms with van der Waals surface area (Å²) in [5.74, 6) is -0.788. The lowest BCUT2D eigenvalue weighted by atomic mass is 10.2. The highest BCUT2D eigenvalue weighted by molar-refractivity contribution is 7.14. The SMILES string of the molecule is Cc1sc(C(=O)OCc2cccc(F)c2)cc1N. The third-order valence-corrected chi connectivity index (χ3v) is 3.46. The van der Waals surface area contributed by atoms with E-state index in [1.54, 1.807) is 18.2 Å². The first-order valence-electron chi connectivity index (χ1n) is 5.34. The van der Waals surface area contributed by atoms with Crippen LogP contribution in [0.15, 0.2) is 30.3 Å². The fraction of sp³-hybridized carbons (Fsp3) is 0.154. The van der Waals surface area contributed by atoms with Crippen molar-refractivity contribution in [1.82, 2.24) is 0 Å². The van der Waals surface area contributed by atoms with E-state index < -0.39 is 5.97 Å². The summed E-state index contributed by atoms with van der Waals surface area (Å²) < 4.78 is 18.0. The van der Waals surface area contributed by atoms with Gasteiger partial charge in [-0.25, -0.2) is 9.18 Å². The third kappa shape index (κ3) is 2.87. The molecule has 1 aromatic heterocycles. The monoisotopic (exact) mass is 265 g/mol. The maximum absolute atomic E-state index is 12.9. The summed E-state index contributed by atoms with van der Waals surface area (Å²) in [6.45, 7) is 1.89. The predicted molar refractivity (Wildman–Crippen MR) is 69.0 cm³/mol. The van der Waals surface area contributed by atoms with Crippen molar-refractivity contribution in [3.05, 3.63) is 51.5 Å². The first-order chi connectivity index (χ1) is 8.56. The Morgan fingerprint density at radius 3 is 2.83 bits per heavy atom. The number of nitrogen functional groups attached to an aromatic ring is 1. The molecule has 0 spiro atoms. The minimum Gasteiger partial charge on any atom is -0.457 e. The van der Waals surface area contributed by atoms with Crippen molar-refractivity contribution in [3.8, 4) is 0 Å². The Labute approximate surface area is 108 Å². The summed E-state index contributed by atoms with van der Waals surface area (Å²) in [6.07, 6.45) is 0. The van der Waals surface area contributed by atoms with Gasteiger partial charge in [-0.2, -0.15) is 0 Å². The molecule has 0 fully saturated rings. The van der Waals surface area contributed by atoms with E-state index in [4.69, 9.17) is 10.5 Å². The van der Waals surface area contributed by atoms with Gasteiger partial charge < -0.3 is 10.5 Å². The maximum Gasteiger partial charge on any atom is 0.348 e. The molecule has 5 heteroatoms. The summed E-state index contributed by atoms with van der Waals surface area (Å²) in [5, 5.41) is 0. The zero-order chi connectivity index (χ0) is 13.1. The molecule has 0 radical (unpaired) electrons. The molecule has 18 heavy (non-hydrogen) atoms. The zero-order valence-electron chi connectivity index (χ0n) is 9.77. The number of esters is 1. The van der Waals surface area contributed by atoms with E-state index in [0.717, 1.165) is 4.88 Å². The molecule has 0 bridgehead atoms. The van der Waals surface area contributed by atoms with Crippen LogP contribution in [0.2, 0.25) is 0 Å². The summed E-state index contributed by atoms with van der Waals surface area (Å²) >= 11 is 1.29. The van der Waals surface area contributed by atoms with Gasteiger partial charge in [-0.15, -0.1) is 11.3 Å². The average molecular weight is 265 g/mol. The minimum absolute atomic E-state index is 0.0491. The fourth-order valence-corrected chi connectivity index (χ4v) is 2.28. The van der Waals surface area contributed by atoms with Crippen LogP contribution in [-0.2, 0) is 11.3 Å². The first kappa shape index (κ1) is 12.6. The van der Waals surface area contributed by atoms with Crippen molar-refractivity contribution >= 4 is 23.0 Å². The molecular weight excluding hydrogens is 253 g/mol. The Hall–Kier alpha value is -1.88. The predicted octanol–water partition coefficient (Wildman–Crippen LogP) is 3.13. The molecule has 1 heterocycles. The van der Waals surface area contributed by atoms with Gasteiger partial charge in [0.05, 0.1) is 0 Å². The van der Waals surface area contributed by atoms with Crippen LogP contribution in [0.3, 0.4) is 0 Å². The lowest BCUT2D eigenvalue weighted by Crippen LogP contribution is -2.03. The molecule has 0 aliphatic carbocycles. The van der Waals surface area contributed by atoms with Crippen molar-refractivity contribution in [1.29, 1.82) is 0 Å². The van der Waals surface area contributed by atoms with Gasteiger partial charge in [0.1, 0.15) is 17.3 Å². The molecule has 0 aliphatic rings. The van der Waals surface area contributed by atoms with E-state index in [2.05, 4.69) is 0 Å². The number of thiophene rings is 1. The van der Waals surface area contributed by atoms with Gasteiger partial charge >= 0.3 is 5.97 Å². The number of carbonyl (C=O) groups is 1. The zero-order valence-corrected chi connectivity index (χ0v) is 10.6. The molecule has 0 atom stereocenters. The average Bonchev–Trinajstić information content (AvgIpc) is 2.67. The van der Waals surface area contributed by atoms with Crippen molar-refractivity contribution in [2.24, 2.45) is 0 Å². The standard InChI is InChI=1S/C13H12FNO2S/c1-8-11(15)6-12(18-8)13(16)17-7-9-3-2-4-10(14)5-9/h2-6H,7,15H2,1H3. The van der Waals surface area contributed by atoms with E-state index in [-0.39, 0.29) is 12.4 Å². The second-order valence-corrected chi connectivity index (χ2v) is 5.08. The highest BCUT2D eigenvalue weighted by Gasteiger charge is 2.12. The molecule has 0 saturated heterocycles. The molecule has 0 saturated carbocycles. The highest BCUT2D eigenvalue weighted by Crippen LogP contribution is 2.24. The van der Waals surface area contributed by atoms with E-state index in [9.17, 15) is 9.18 Å². The topological polar surface area (TPSA) is 52.3 Å². The Kier molecular flexibility index (Phi) is 3.62. The van der Waals surface area contributed by atoms with Crippen LogP contribution in [0.25, 0.3) is 0 Å².